The maximum absolute atomic E-state index is 13.4. The number of amides is 2. The summed E-state index contributed by atoms with van der Waals surface area (Å²) in [6.45, 7) is 4.41. The quantitative estimate of drug-likeness (QED) is 0.541. The van der Waals surface area contributed by atoms with Crippen LogP contribution in [0.15, 0.2) is 77.8 Å². The highest BCUT2D eigenvalue weighted by Crippen LogP contribution is 2.34. The Morgan fingerprint density at radius 3 is 2.54 bits per heavy atom. The number of ether oxygens (including phenoxy) is 1. The third-order valence-electron chi connectivity index (χ3n) is 6.17. The standard InChI is InChI=1S/C27H28N4O3S/c32-25(28-21-9-2-1-3-10-21)19-24-26(33)31(14-13-30-15-17-34-18-16-30)27(35-24)29-23-12-6-8-20-7-4-5-11-22(20)23/h1-12,24H,13-19H2,(H,28,32). The van der Waals surface area contributed by atoms with Gasteiger partial charge in [-0.25, -0.2) is 4.99 Å². The summed E-state index contributed by atoms with van der Waals surface area (Å²) in [6.07, 6.45) is 0.0982. The summed E-state index contributed by atoms with van der Waals surface area (Å²) in [4.78, 5) is 35.1. The second-order valence-electron chi connectivity index (χ2n) is 8.56. The van der Waals surface area contributed by atoms with Crippen molar-refractivity contribution in [2.45, 2.75) is 11.7 Å². The Balaban J connectivity index is 1.37. The van der Waals surface area contributed by atoms with Crippen LogP contribution in [0.25, 0.3) is 10.8 Å². The van der Waals surface area contributed by atoms with Crippen LogP contribution in [0.4, 0.5) is 11.4 Å². The zero-order chi connectivity index (χ0) is 24.0. The van der Waals surface area contributed by atoms with Crippen molar-refractivity contribution in [2.24, 2.45) is 4.99 Å². The molecule has 1 atom stereocenters. The molecule has 2 aliphatic heterocycles. The zero-order valence-electron chi connectivity index (χ0n) is 19.4. The van der Waals surface area contributed by atoms with Gasteiger partial charge in [0, 0.05) is 43.7 Å². The first kappa shape index (κ1) is 23.5. The molecular formula is C27H28N4O3S. The number of nitrogens with one attached hydrogen (secondary N) is 1. The number of aliphatic imine (C=N–C) groups is 1. The lowest BCUT2D eigenvalue weighted by Gasteiger charge is -2.28. The molecule has 2 fully saturated rings. The van der Waals surface area contributed by atoms with E-state index in [-0.39, 0.29) is 18.2 Å². The first-order valence-electron chi connectivity index (χ1n) is 11.9. The molecule has 0 radical (unpaired) electrons. The maximum Gasteiger partial charge on any atom is 0.242 e. The second kappa shape index (κ2) is 11.0. The fraction of sp³-hybridized carbons (Fsp3) is 0.296. The number of fused-ring (bicyclic) bond motifs is 1. The van der Waals surface area contributed by atoms with Gasteiger partial charge in [-0.05, 0) is 23.6 Å². The maximum atomic E-state index is 13.4. The van der Waals surface area contributed by atoms with E-state index >= 15 is 0 Å². The van der Waals surface area contributed by atoms with Gasteiger partial charge < -0.3 is 10.1 Å². The van der Waals surface area contributed by atoms with E-state index in [4.69, 9.17) is 9.73 Å². The molecule has 8 heteroatoms. The fourth-order valence-electron chi connectivity index (χ4n) is 4.31. The first-order chi connectivity index (χ1) is 17.2. The van der Waals surface area contributed by atoms with E-state index in [0.717, 1.165) is 41.8 Å². The number of benzene rings is 3. The van der Waals surface area contributed by atoms with Gasteiger partial charge in [-0.1, -0.05) is 66.4 Å². The number of hydrogen-bond acceptors (Lipinski definition) is 6. The predicted octanol–water partition coefficient (Wildman–Crippen LogP) is 4.13. The second-order valence-corrected chi connectivity index (χ2v) is 9.73. The van der Waals surface area contributed by atoms with Crippen molar-refractivity contribution >= 4 is 50.9 Å². The monoisotopic (exact) mass is 488 g/mol. The van der Waals surface area contributed by atoms with Crippen molar-refractivity contribution in [3.05, 3.63) is 72.8 Å². The molecule has 2 amide bonds. The number of thioether (sulfide) groups is 1. The molecule has 7 nitrogen and oxygen atoms in total. The van der Waals surface area contributed by atoms with Crippen molar-refractivity contribution in [2.75, 3.05) is 44.7 Å². The molecule has 2 heterocycles. The highest BCUT2D eigenvalue weighted by atomic mass is 32.2. The summed E-state index contributed by atoms with van der Waals surface area (Å²) in [5.41, 5.74) is 1.55. The van der Waals surface area contributed by atoms with Crippen LogP contribution in [0.1, 0.15) is 6.42 Å². The SMILES string of the molecule is O=C(CC1SC(=Nc2cccc3ccccc23)N(CCN2CCOCC2)C1=O)Nc1ccccc1. The van der Waals surface area contributed by atoms with E-state index in [2.05, 4.69) is 22.3 Å². The van der Waals surface area contributed by atoms with Gasteiger partial charge in [0.1, 0.15) is 5.25 Å². The molecule has 1 N–H and O–H groups in total. The fourth-order valence-corrected chi connectivity index (χ4v) is 5.48. The van der Waals surface area contributed by atoms with Gasteiger partial charge in [-0.3, -0.25) is 19.4 Å². The number of para-hydroxylation sites is 1. The number of nitrogens with zero attached hydrogens (tertiary/aromatic N) is 3. The Morgan fingerprint density at radius 1 is 0.971 bits per heavy atom. The summed E-state index contributed by atoms with van der Waals surface area (Å²) in [5, 5.41) is 5.17. The average molecular weight is 489 g/mol. The van der Waals surface area contributed by atoms with Gasteiger partial charge in [0.15, 0.2) is 5.17 Å². The molecule has 0 aliphatic carbocycles. The number of anilines is 1. The molecule has 0 spiro atoms. The van der Waals surface area contributed by atoms with Gasteiger partial charge in [0.05, 0.1) is 18.9 Å². The Kier molecular flexibility index (Phi) is 7.42. The van der Waals surface area contributed by atoms with Crippen LogP contribution in [-0.2, 0) is 14.3 Å². The van der Waals surface area contributed by atoms with E-state index in [1.54, 1.807) is 4.90 Å². The van der Waals surface area contributed by atoms with Crippen LogP contribution >= 0.6 is 11.8 Å². The molecule has 1 unspecified atom stereocenters. The molecule has 0 saturated carbocycles. The van der Waals surface area contributed by atoms with Crippen LogP contribution in [0.2, 0.25) is 0 Å². The van der Waals surface area contributed by atoms with Gasteiger partial charge in [0.25, 0.3) is 0 Å². The van der Waals surface area contributed by atoms with E-state index in [9.17, 15) is 9.59 Å². The zero-order valence-corrected chi connectivity index (χ0v) is 20.2. The van der Waals surface area contributed by atoms with Gasteiger partial charge in [-0.15, -0.1) is 0 Å². The van der Waals surface area contributed by atoms with Crippen LogP contribution in [0.3, 0.4) is 0 Å². The molecule has 3 aromatic rings. The number of hydrogen-bond donors (Lipinski definition) is 1. The third-order valence-corrected chi connectivity index (χ3v) is 7.35. The van der Waals surface area contributed by atoms with Gasteiger partial charge in [-0.2, -0.15) is 0 Å². The number of rotatable bonds is 7. The summed E-state index contributed by atoms with van der Waals surface area (Å²) in [6, 6.07) is 23.4. The topological polar surface area (TPSA) is 74.2 Å². The van der Waals surface area contributed by atoms with Crippen LogP contribution < -0.4 is 5.32 Å². The van der Waals surface area contributed by atoms with E-state index < -0.39 is 5.25 Å². The number of amidine groups is 1. The van der Waals surface area contributed by atoms with E-state index in [0.29, 0.717) is 24.9 Å². The summed E-state index contributed by atoms with van der Waals surface area (Å²) in [5.74, 6) is -0.243. The normalized spacial score (nSPS) is 20.0. The Bertz CT molecular complexity index is 1220. The molecule has 180 valence electrons. The van der Waals surface area contributed by atoms with Crippen LogP contribution in [0, 0.1) is 0 Å². The van der Waals surface area contributed by atoms with E-state index in [1.807, 2.05) is 60.7 Å². The largest absolute Gasteiger partial charge is 0.379 e. The molecule has 0 bridgehead atoms. The Morgan fingerprint density at radius 2 is 1.71 bits per heavy atom. The molecular weight excluding hydrogens is 460 g/mol. The molecule has 5 rings (SSSR count). The van der Waals surface area contributed by atoms with Crippen molar-refractivity contribution < 1.29 is 14.3 Å². The van der Waals surface area contributed by atoms with Crippen molar-refractivity contribution in [1.82, 2.24) is 9.80 Å². The van der Waals surface area contributed by atoms with E-state index in [1.165, 1.54) is 11.8 Å². The minimum absolute atomic E-state index is 0.0644. The lowest BCUT2D eigenvalue weighted by Crippen LogP contribution is -2.43. The lowest BCUT2D eigenvalue weighted by molar-refractivity contribution is -0.128. The molecule has 0 aromatic heterocycles. The molecule has 35 heavy (non-hydrogen) atoms. The molecule has 3 aromatic carbocycles. The Labute approximate surface area is 209 Å². The van der Waals surface area contributed by atoms with Crippen molar-refractivity contribution in [3.63, 3.8) is 0 Å². The summed E-state index contributed by atoms with van der Waals surface area (Å²) < 4.78 is 5.45. The summed E-state index contributed by atoms with van der Waals surface area (Å²) in [7, 11) is 0. The van der Waals surface area contributed by atoms with Crippen LogP contribution in [-0.4, -0.2) is 71.4 Å². The first-order valence-corrected chi connectivity index (χ1v) is 12.7. The Hall–Kier alpha value is -3.20. The molecule has 2 saturated heterocycles. The number of carbonyl (C=O) groups is 2. The highest BCUT2D eigenvalue weighted by molar-refractivity contribution is 8.15. The number of carbonyl (C=O) groups excluding carboxylic acids is 2. The van der Waals surface area contributed by atoms with Gasteiger partial charge >= 0.3 is 0 Å². The van der Waals surface area contributed by atoms with Crippen LogP contribution in [0.5, 0.6) is 0 Å². The lowest BCUT2D eigenvalue weighted by atomic mass is 10.1. The smallest absolute Gasteiger partial charge is 0.242 e. The van der Waals surface area contributed by atoms with Gasteiger partial charge in [0.2, 0.25) is 11.8 Å². The van der Waals surface area contributed by atoms with Crippen molar-refractivity contribution in [3.8, 4) is 0 Å². The number of morpholine rings is 1. The third kappa shape index (κ3) is 5.73. The minimum Gasteiger partial charge on any atom is -0.379 e. The minimum atomic E-state index is -0.503. The summed E-state index contributed by atoms with van der Waals surface area (Å²) >= 11 is 1.38. The molecule has 2 aliphatic rings. The average Bonchev–Trinajstić information content (AvgIpc) is 3.17. The van der Waals surface area contributed by atoms with Crippen molar-refractivity contribution in [1.29, 1.82) is 0 Å². The highest BCUT2D eigenvalue weighted by Gasteiger charge is 2.39. The predicted molar refractivity (Wildman–Crippen MR) is 141 cm³/mol.